The van der Waals surface area contributed by atoms with Crippen LogP contribution in [-0.2, 0) is 17.8 Å². The Kier molecular flexibility index (Phi) is 4.37. The summed E-state index contributed by atoms with van der Waals surface area (Å²) >= 11 is 6.06. The summed E-state index contributed by atoms with van der Waals surface area (Å²) in [7, 11) is 0. The maximum atomic E-state index is 12.3. The average molecular weight is 365 g/mol. The second-order valence-corrected chi connectivity index (χ2v) is 6.71. The van der Waals surface area contributed by atoms with Crippen molar-refractivity contribution >= 4 is 45.0 Å². The highest BCUT2D eigenvalue weighted by atomic mass is 35.5. The van der Waals surface area contributed by atoms with Crippen LogP contribution < -0.4 is 5.32 Å². The van der Waals surface area contributed by atoms with E-state index in [2.05, 4.69) is 10.3 Å². The number of benzene rings is 3. The first-order valence-electron chi connectivity index (χ1n) is 8.32. The monoisotopic (exact) mass is 364 g/mol. The van der Waals surface area contributed by atoms with Crippen molar-refractivity contribution in [1.82, 2.24) is 4.98 Å². The Hall–Kier alpha value is -2.82. The predicted octanol–water partition coefficient (Wildman–Crippen LogP) is 4.65. The minimum atomic E-state index is -0.0985. The molecule has 0 saturated carbocycles. The highest BCUT2D eigenvalue weighted by molar-refractivity contribution is 6.31. The van der Waals surface area contributed by atoms with Crippen LogP contribution in [0.15, 0.2) is 60.7 Å². The van der Waals surface area contributed by atoms with Gasteiger partial charge in [0.05, 0.1) is 13.0 Å². The minimum absolute atomic E-state index is 0.0508. The maximum Gasteiger partial charge on any atom is 0.228 e. The molecule has 4 nitrogen and oxygen atoms in total. The van der Waals surface area contributed by atoms with Crippen molar-refractivity contribution in [1.29, 1.82) is 0 Å². The van der Waals surface area contributed by atoms with Crippen LogP contribution in [0, 0.1) is 0 Å². The molecule has 0 spiro atoms. The van der Waals surface area contributed by atoms with E-state index in [4.69, 9.17) is 11.6 Å². The fraction of sp³-hybridized carbons (Fsp3) is 0.0952. The molecule has 1 heterocycles. The summed E-state index contributed by atoms with van der Waals surface area (Å²) in [5, 5.41) is 15.0. The Morgan fingerprint density at radius 2 is 1.73 bits per heavy atom. The molecule has 0 aliphatic carbocycles. The zero-order valence-corrected chi connectivity index (χ0v) is 14.7. The van der Waals surface area contributed by atoms with Crippen molar-refractivity contribution < 1.29 is 9.90 Å². The van der Waals surface area contributed by atoms with Gasteiger partial charge in [-0.1, -0.05) is 41.9 Å². The quantitative estimate of drug-likeness (QED) is 0.493. The van der Waals surface area contributed by atoms with Gasteiger partial charge in [0.2, 0.25) is 5.91 Å². The van der Waals surface area contributed by atoms with Gasteiger partial charge in [0, 0.05) is 32.5 Å². The fourth-order valence-electron chi connectivity index (χ4n) is 3.18. The van der Waals surface area contributed by atoms with Gasteiger partial charge in [-0.25, -0.2) is 0 Å². The molecule has 5 heteroatoms. The van der Waals surface area contributed by atoms with Crippen LogP contribution >= 0.6 is 11.6 Å². The molecule has 130 valence electrons. The number of hydrogen-bond acceptors (Lipinski definition) is 2. The Bertz CT molecular complexity index is 1120. The lowest BCUT2D eigenvalue weighted by Gasteiger charge is -2.07. The van der Waals surface area contributed by atoms with Gasteiger partial charge in [-0.3, -0.25) is 4.79 Å². The fourth-order valence-corrected chi connectivity index (χ4v) is 3.35. The van der Waals surface area contributed by atoms with Gasteiger partial charge in [0.25, 0.3) is 0 Å². The van der Waals surface area contributed by atoms with Crippen molar-refractivity contribution in [3.8, 4) is 0 Å². The number of aromatic amines is 1. The van der Waals surface area contributed by atoms with Crippen molar-refractivity contribution in [2.75, 3.05) is 5.32 Å². The summed E-state index contributed by atoms with van der Waals surface area (Å²) in [6, 6.07) is 18.9. The SMILES string of the molecule is O=C(Cc1ccc2c(c1)[nH]c1cc(Cl)ccc12)Nc1cccc(CO)c1. The van der Waals surface area contributed by atoms with E-state index >= 15 is 0 Å². The molecule has 0 bridgehead atoms. The molecule has 0 atom stereocenters. The standard InChI is InChI=1S/C21H17ClN2O2/c22-15-5-7-18-17-6-4-13(9-19(17)24-20(18)11-15)10-21(26)23-16-3-1-2-14(8-16)12-25/h1-9,11,24-25H,10,12H2,(H,23,26). The number of fused-ring (bicyclic) bond motifs is 3. The molecule has 0 aliphatic rings. The van der Waals surface area contributed by atoms with Gasteiger partial charge in [-0.2, -0.15) is 0 Å². The lowest BCUT2D eigenvalue weighted by atomic mass is 10.1. The molecule has 0 fully saturated rings. The molecule has 3 N–H and O–H groups in total. The first-order chi connectivity index (χ1) is 12.6. The number of aliphatic hydroxyl groups excluding tert-OH is 1. The number of carbonyl (C=O) groups is 1. The Morgan fingerprint density at radius 3 is 2.54 bits per heavy atom. The number of carbonyl (C=O) groups excluding carboxylic acids is 1. The van der Waals surface area contributed by atoms with E-state index < -0.39 is 0 Å². The maximum absolute atomic E-state index is 12.3. The molecule has 0 radical (unpaired) electrons. The number of H-pyrrole nitrogens is 1. The summed E-state index contributed by atoms with van der Waals surface area (Å²) in [4.78, 5) is 15.7. The predicted molar refractivity (Wildman–Crippen MR) is 106 cm³/mol. The van der Waals surface area contributed by atoms with Crippen LogP contribution in [0.1, 0.15) is 11.1 Å². The van der Waals surface area contributed by atoms with E-state index in [1.54, 1.807) is 6.07 Å². The molecule has 0 aliphatic heterocycles. The molecular formula is C21H17ClN2O2. The topological polar surface area (TPSA) is 65.1 Å². The Morgan fingerprint density at radius 1 is 0.962 bits per heavy atom. The smallest absolute Gasteiger partial charge is 0.228 e. The van der Waals surface area contributed by atoms with Crippen LogP contribution in [0.25, 0.3) is 21.8 Å². The van der Waals surface area contributed by atoms with E-state index in [-0.39, 0.29) is 18.9 Å². The Labute approximate surface area is 155 Å². The summed E-state index contributed by atoms with van der Waals surface area (Å²) in [5.41, 5.74) is 4.33. The van der Waals surface area contributed by atoms with Crippen LogP contribution in [0.4, 0.5) is 5.69 Å². The third kappa shape index (κ3) is 3.29. The molecule has 0 unspecified atom stereocenters. The van der Waals surface area contributed by atoms with Gasteiger partial charge >= 0.3 is 0 Å². The van der Waals surface area contributed by atoms with E-state index in [0.717, 1.165) is 32.9 Å². The lowest BCUT2D eigenvalue weighted by Crippen LogP contribution is -2.14. The summed E-state index contributed by atoms with van der Waals surface area (Å²) in [6.07, 6.45) is 0.273. The number of halogens is 1. The molecular weight excluding hydrogens is 348 g/mol. The van der Waals surface area contributed by atoms with Crippen LogP contribution in [0.2, 0.25) is 5.02 Å². The van der Waals surface area contributed by atoms with E-state index in [9.17, 15) is 9.90 Å². The van der Waals surface area contributed by atoms with Gasteiger partial charge in [0.15, 0.2) is 0 Å². The first-order valence-corrected chi connectivity index (χ1v) is 8.70. The van der Waals surface area contributed by atoms with Crippen LogP contribution in [-0.4, -0.2) is 16.0 Å². The van der Waals surface area contributed by atoms with Crippen molar-refractivity contribution in [2.24, 2.45) is 0 Å². The average Bonchev–Trinajstić information content (AvgIpc) is 2.98. The molecule has 0 saturated heterocycles. The van der Waals surface area contributed by atoms with Crippen molar-refractivity contribution in [2.45, 2.75) is 13.0 Å². The van der Waals surface area contributed by atoms with Gasteiger partial charge in [-0.15, -0.1) is 0 Å². The second kappa shape index (κ2) is 6.83. The van der Waals surface area contributed by atoms with Gasteiger partial charge in [0.1, 0.15) is 0 Å². The van der Waals surface area contributed by atoms with Gasteiger partial charge in [-0.05, 0) is 41.5 Å². The number of rotatable bonds is 4. The van der Waals surface area contributed by atoms with E-state index in [1.807, 2.05) is 54.6 Å². The third-order valence-corrected chi connectivity index (χ3v) is 4.62. The van der Waals surface area contributed by atoms with E-state index in [1.165, 1.54) is 0 Å². The number of aliphatic hydroxyl groups is 1. The van der Waals surface area contributed by atoms with Crippen molar-refractivity contribution in [3.05, 3.63) is 76.8 Å². The molecule has 4 aromatic rings. The first kappa shape index (κ1) is 16.6. The van der Waals surface area contributed by atoms with E-state index in [0.29, 0.717) is 10.7 Å². The largest absolute Gasteiger partial charge is 0.392 e. The summed E-state index contributed by atoms with van der Waals surface area (Å²) in [5.74, 6) is -0.0985. The minimum Gasteiger partial charge on any atom is -0.392 e. The highest BCUT2D eigenvalue weighted by Crippen LogP contribution is 2.28. The highest BCUT2D eigenvalue weighted by Gasteiger charge is 2.09. The summed E-state index contributed by atoms with van der Waals surface area (Å²) in [6.45, 7) is -0.0508. The normalized spacial score (nSPS) is 11.2. The number of aromatic nitrogens is 1. The number of nitrogens with one attached hydrogen (secondary N) is 2. The lowest BCUT2D eigenvalue weighted by molar-refractivity contribution is -0.115. The number of anilines is 1. The molecule has 4 rings (SSSR count). The molecule has 3 aromatic carbocycles. The Balaban J connectivity index is 1.56. The zero-order chi connectivity index (χ0) is 18.1. The van der Waals surface area contributed by atoms with Gasteiger partial charge < -0.3 is 15.4 Å². The van der Waals surface area contributed by atoms with Crippen LogP contribution in [0.3, 0.4) is 0 Å². The molecule has 26 heavy (non-hydrogen) atoms. The third-order valence-electron chi connectivity index (χ3n) is 4.38. The molecule has 1 aromatic heterocycles. The number of amides is 1. The zero-order valence-electron chi connectivity index (χ0n) is 13.9. The summed E-state index contributed by atoms with van der Waals surface area (Å²) < 4.78 is 0. The second-order valence-electron chi connectivity index (χ2n) is 6.28. The van der Waals surface area contributed by atoms with Crippen LogP contribution in [0.5, 0.6) is 0 Å². The number of hydrogen-bond donors (Lipinski definition) is 3. The molecule has 1 amide bonds. The van der Waals surface area contributed by atoms with Crippen molar-refractivity contribution in [3.63, 3.8) is 0 Å².